The van der Waals surface area contributed by atoms with Crippen LogP contribution >= 0.6 is 31.9 Å². The topological polar surface area (TPSA) is 3.24 Å². The van der Waals surface area contributed by atoms with Crippen LogP contribution in [0.25, 0.3) is 0 Å². The standard InChI is InChI=1S/C11H13Br2N/c12-8-9-3-4-10(7-11(9)13)14-5-1-2-6-14/h3-4,7H,1-2,5-6,8H2. The van der Waals surface area contributed by atoms with Crippen LogP contribution in [0.2, 0.25) is 0 Å². The van der Waals surface area contributed by atoms with Gasteiger partial charge in [0, 0.05) is 28.6 Å². The highest BCUT2D eigenvalue weighted by Gasteiger charge is 2.12. The lowest BCUT2D eigenvalue weighted by Crippen LogP contribution is -2.17. The quantitative estimate of drug-likeness (QED) is 0.746. The molecule has 1 nitrogen and oxygen atoms in total. The molecule has 0 bridgehead atoms. The molecule has 1 heterocycles. The van der Waals surface area contributed by atoms with Crippen molar-refractivity contribution in [3.05, 3.63) is 28.2 Å². The van der Waals surface area contributed by atoms with Gasteiger partial charge in [-0.3, -0.25) is 0 Å². The summed E-state index contributed by atoms with van der Waals surface area (Å²) in [7, 11) is 0. The Bertz CT molecular complexity index is 319. The fourth-order valence-electron chi connectivity index (χ4n) is 1.82. The summed E-state index contributed by atoms with van der Waals surface area (Å²) in [6, 6.07) is 6.63. The smallest absolute Gasteiger partial charge is 0.0377 e. The Morgan fingerprint density at radius 1 is 1.21 bits per heavy atom. The van der Waals surface area contributed by atoms with Gasteiger partial charge in [0.25, 0.3) is 0 Å². The van der Waals surface area contributed by atoms with Crippen molar-refractivity contribution >= 4 is 37.5 Å². The number of hydrogen-bond acceptors (Lipinski definition) is 1. The lowest BCUT2D eigenvalue weighted by molar-refractivity contribution is 0.949. The first-order valence-electron chi connectivity index (χ1n) is 4.90. The summed E-state index contributed by atoms with van der Waals surface area (Å²) in [4.78, 5) is 2.45. The van der Waals surface area contributed by atoms with E-state index in [1.165, 1.54) is 41.7 Å². The summed E-state index contributed by atoms with van der Waals surface area (Å²) in [6.07, 6.45) is 2.66. The van der Waals surface area contributed by atoms with E-state index in [9.17, 15) is 0 Å². The van der Waals surface area contributed by atoms with Crippen molar-refractivity contribution in [1.29, 1.82) is 0 Å². The summed E-state index contributed by atoms with van der Waals surface area (Å²) >= 11 is 7.07. The molecule has 1 aromatic rings. The molecule has 1 saturated heterocycles. The Hall–Kier alpha value is -0.0200. The van der Waals surface area contributed by atoms with Gasteiger partial charge in [0.15, 0.2) is 0 Å². The summed E-state index contributed by atoms with van der Waals surface area (Å²) < 4.78 is 1.21. The van der Waals surface area contributed by atoms with Gasteiger partial charge in [0.2, 0.25) is 0 Å². The Labute approximate surface area is 102 Å². The maximum Gasteiger partial charge on any atom is 0.0377 e. The molecule has 0 unspecified atom stereocenters. The van der Waals surface area contributed by atoms with Crippen LogP contribution < -0.4 is 4.90 Å². The lowest BCUT2D eigenvalue weighted by Gasteiger charge is -2.18. The second kappa shape index (κ2) is 4.67. The number of halogens is 2. The van der Waals surface area contributed by atoms with Crippen molar-refractivity contribution in [2.24, 2.45) is 0 Å². The second-order valence-corrected chi connectivity index (χ2v) is 5.02. The third-order valence-electron chi connectivity index (χ3n) is 2.65. The van der Waals surface area contributed by atoms with E-state index in [0.29, 0.717) is 0 Å². The average molecular weight is 319 g/mol. The van der Waals surface area contributed by atoms with E-state index in [4.69, 9.17) is 0 Å². The van der Waals surface area contributed by atoms with Gasteiger partial charge in [0.1, 0.15) is 0 Å². The Kier molecular flexibility index (Phi) is 3.50. The van der Waals surface area contributed by atoms with E-state index in [2.05, 4.69) is 55.0 Å². The molecule has 0 atom stereocenters. The molecular weight excluding hydrogens is 306 g/mol. The van der Waals surface area contributed by atoms with Crippen LogP contribution in [-0.4, -0.2) is 13.1 Å². The number of nitrogens with zero attached hydrogens (tertiary/aromatic N) is 1. The fourth-order valence-corrected chi connectivity index (χ4v) is 3.19. The summed E-state index contributed by atoms with van der Waals surface area (Å²) in [6.45, 7) is 2.42. The minimum atomic E-state index is 0.911. The maximum atomic E-state index is 3.60. The van der Waals surface area contributed by atoms with E-state index >= 15 is 0 Å². The van der Waals surface area contributed by atoms with Gasteiger partial charge in [-0.15, -0.1) is 0 Å². The zero-order valence-electron chi connectivity index (χ0n) is 7.97. The lowest BCUT2D eigenvalue weighted by atomic mass is 10.2. The number of hydrogen-bond donors (Lipinski definition) is 0. The summed E-state index contributed by atoms with van der Waals surface area (Å²) in [5.74, 6) is 0. The molecule has 0 N–H and O–H groups in total. The van der Waals surface area contributed by atoms with Crippen LogP contribution in [-0.2, 0) is 5.33 Å². The third kappa shape index (κ3) is 2.14. The highest BCUT2D eigenvalue weighted by atomic mass is 79.9. The van der Waals surface area contributed by atoms with E-state index < -0.39 is 0 Å². The molecule has 2 rings (SSSR count). The molecule has 0 amide bonds. The highest BCUT2D eigenvalue weighted by molar-refractivity contribution is 9.10. The second-order valence-electron chi connectivity index (χ2n) is 3.60. The van der Waals surface area contributed by atoms with E-state index in [-0.39, 0.29) is 0 Å². The van der Waals surface area contributed by atoms with Crippen molar-refractivity contribution in [2.45, 2.75) is 18.2 Å². The molecule has 1 fully saturated rings. The Morgan fingerprint density at radius 3 is 2.50 bits per heavy atom. The van der Waals surface area contributed by atoms with E-state index in [1.807, 2.05) is 0 Å². The summed E-state index contributed by atoms with van der Waals surface area (Å²) in [5.41, 5.74) is 2.66. The Morgan fingerprint density at radius 2 is 1.93 bits per heavy atom. The van der Waals surface area contributed by atoms with Crippen molar-refractivity contribution in [2.75, 3.05) is 18.0 Å². The predicted molar refractivity (Wildman–Crippen MR) is 68.2 cm³/mol. The van der Waals surface area contributed by atoms with E-state index in [0.717, 1.165) is 5.33 Å². The van der Waals surface area contributed by atoms with Gasteiger partial charge >= 0.3 is 0 Å². The van der Waals surface area contributed by atoms with Gasteiger partial charge < -0.3 is 4.90 Å². The van der Waals surface area contributed by atoms with E-state index in [1.54, 1.807) is 0 Å². The molecule has 14 heavy (non-hydrogen) atoms. The van der Waals surface area contributed by atoms with Gasteiger partial charge in [-0.25, -0.2) is 0 Å². The molecular formula is C11H13Br2N. The summed E-state index contributed by atoms with van der Waals surface area (Å²) in [5, 5.41) is 0.911. The molecule has 1 aromatic carbocycles. The number of alkyl halides is 1. The predicted octanol–water partition coefficient (Wildman–Crippen LogP) is 3.94. The molecule has 3 heteroatoms. The normalized spacial score (nSPS) is 16.3. The molecule has 0 radical (unpaired) electrons. The van der Waals surface area contributed by atoms with Crippen LogP contribution in [0.3, 0.4) is 0 Å². The maximum absolute atomic E-state index is 3.60. The molecule has 1 aliphatic rings. The molecule has 0 aliphatic carbocycles. The van der Waals surface area contributed by atoms with Crippen LogP contribution in [0.5, 0.6) is 0 Å². The van der Waals surface area contributed by atoms with Crippen molar-refractivity contribution in [1.82, 2.24) is 0 Å². The Balaban J connectivity index is 2.23. The van der Waals surface area contributed by atoms with Crippen LogP contribution in [0.4, 0.5) is 5.69 Å². The monoisotopic (exact) mass is 317 g/mol. The van der Waals surface area contributed by atoms with Crippen molar-refractivity contribution in [3.63, 3.8) is 0 Å². The highest BCUT2D eigenvalue weighted by Crippen LogP contribution is 2.27. The minimum absolute atomic E-state index is 0.911. The van der Waals surface area contributed by atoms with Crippen LogP contribution in [0.15, 0.2) is 22.7 Å². The average Bonchev–Trinajstić information content (AvgIpc) is 2.70. The number of anilines is 1. The first kappa shape index (κ1) is 10.5. The van der Waals surface area contributed by atoms with Crippen molar-refractivity contribution < 1.29 is 0 Å². The van der Waals surface area contributed by atoms with Gasteiger partial charge in [-0.2, -0.15) is 0 Å². The number of benzene rings is 1. The van der Waals surface area contributed by atoms with Crippen LogP contribution in [0.1, 0.15) is 18.4 Å². The minimum Gasteiger partial charge on any atom is -0.372 e. The molecule has 76 valence electrons. The first-order valence-corrected chi connectivity index (χ1v) is 6.82. The molecule has 0 aromatic heterocycles. The molecule has 1 aliphatic heterocycles. The molecule has 0 spiro atoms. The zero-order chi connectivity index (χ0) is 9.97. The number of rotatable bonds is 2. The van der Waals surface area contributed by atoms with Gasteiger partial charge in [-0.05, 0) is 30.5 Å². The van der Waals surface area contributed by atoms with Crippen LogP contribution in [0, 0.1) is 0 Å². The van der Waals surface area contributed by atoms with Gasteiger partial charge in [-0.1, -0.05) is 37.9 Å². The molecule has 0 saturated carbocycles. The SMILES string of the molecule is BrCc1ccc(N2CCCC2)cc1Br. The third-order valence-corrected chi connectivity index (χ3v) is 3.99. The zero-order valence-corrected chi connectivity index (χ0v) is 11.1. The largest absolute Gasteiger partial charge is 0.372 e. The fraction of sp³-hybridized carbons (Fsp3) is 0.455. The first-order chi connectivity index (χ1) is 6.81. The van der Waals surface area contributed by atoms with Crippen molar-refractivity contribution in [3.8, 4) is 0 Å². The van der Waals surface area contributed by atoms with Gasteiger partial charge in [0.05, 0.1) is 0 Å².